The van der Waals surface area contributed by atoms with E-state index in [2.05, 4.69) is 5.32 Å². The molecule has 0 aliphatic heterocycles. The van der Waals surface area contributed by atoms with Crippen molar-refractivity contribution in [2.75, 3.05) is 6.61 Å². The third-order valence-electron chi connectivity index (χ3n) is 1.67. The first-order valence-corrected chi connectivity index (χ1v) is 4.46. The van der Waals surface area contributed by atoms with Gasteiger partial charge < -0.3 is 15.2 Å². The highest BCUT2D eigenvalue weighted by Crippen LogP contribution is 2.11. The average Bonchev–Trinajstić information content (AvgIpc) is 2.14. The van der Waals surface area contributed by atoms with Crippen LogP contribution in [0.2, 0.25) is 0 Å². The summed E-state index contributed by atoms with van der Waals surface area (Å²) in [5.41, 5.74) is 0. The van der Waals surface area contributed by atoms with E-state index >= 15 is 0 Å². The number of nitrogens with one attached hydrogen (secondary N) is 1. The number of ether oxygens (including phenoxy) is 1. The summed E-state index contributed by atoms with van der Waals surface area (Å²) in [4.78, 5) is 10.2. The van der Waals surface area contributed by atoms with Crippen LogP contribution in [0, 0.1) is 5.82 Å². The first-order valence-electron chi connectivity index (χ1n) is 4.46. The van der Waals surface area contributed by atoms with Gasteiger partial charge in [0, 0.05) is 6.07 Å². The molecule has 1 aromatic rings. The Hall–Kier alpha value is -1.78. The maximum absolute atomic E-state index is 12.7. The molecule has 0 spiro atoms. The molecule has 0 aliphatic rings. The van der Waals surface area contributed by atoms with E-state index in [-0.39, 0.29) is 18.5 Å². The normalized spacial score (nSPS) is 11.9. The fourth-order valence-corrected chi connectivity index (χ4v) is 1.03. The van der Waals surface area contributed by atoms with Gasteiger partial charge in [0.1, 0.15) is 18.2 Å². The van der Waals surface area contributed by atoms with Crippen molar-refractivity contribution in [1.29, 1.82) is 0 Å². The van der Waals surface area contributed by atoms with Crippen LogP contribution in [0.25, 0.3) is 0 Å². The van der Waals surface area contributed by atoms with Crippen LogP contribution in [-0.4, -0.2) is 23.8 Å². The quantitative estimate of drug-likeness (QED) is 0.802. The third kappa shape index (κ3) is 4.30. The first-order chi connectivity index (χ1) is 7.08. The second-order valence-corrected chi connectivity index (χ2v) is 3.12. The summed E-state index contributed by atoms with van der Waals surface area (Å²) in [7, 11) is 0. The average molecular weight is 213 g/mol. The Morgan fingerprint density at radius 3 is 3.00 bits per heavy atom. The zero-order valence-corrected chi connectivity index (χ0v) is 8.24. The van der Waals surface area contributed by atoms with Crippen LogP contribution in [0.15, 0.2) is 24.3 Å². The highest BCUT2D eigenvalue weighted by atomic mass is 19.1. The fraction of sp³-hybridized carbons (Fsp3) is 0.300. The molecule has 0 radical (unpaired) electrons. The van der Waals surface area contributed by atoms with Gasteiger partial charge in [0.15, 0.2) is 0 Å². The lowest BCUT2D eigenvalue weighted by atomic mass is 10.3. The SMILES string of the molecule is C[C@@H](COc1cccc(F)c1)NC(=O)O. The molecule has 82 valence electrons. The molecule has 0 unspecified atom stereocenters. The molecule has 5 heteroatoms. The van der Waals surface area contributed by atoms with Crippen LogP contribution >= 0.6 is 0 Å². The zero-order chi connectivity index (χ0) is 11.3. The molecule has 0 saturated carbocycles. The zero-order valence-electron chi connectivity index (χ0n) is 8.24. The summed E-state index contributed by atoms with van der Waals surface area (Å²) in [6.45, 7) is 1.82. The molecule has 15 heavy (non-hydrogen) atoms. The lowest BCUT2D eigenvalue weighted by molar-refractivity contribution is 0.183. The number of hydrogen-bond acceptors (Lipinski definition) is 2. The summed E-state index contributed by atoms with van der Waals surface area (Å²) in [5.74, 6) is 0.000357. The lowest BCUT2D eigenvalue weighted by Gasteiger charge is -2.12. The van der Waals surface area contributed by atoms with Crippen molar-refractivity contribution in [1.82, 2.24) is 5.32 Å². The number of benzene rings is 1. The Kier molecular flexibility index (Phi) is 3.91. The fourth-order valence-electron chi connectivity index (χ4n) is 1.03. The number of hydrogen-bond donors (Lipinski definition) is 2. The molecule has 1 amide bonds. The molecule has 2 N–H and O–H groups in total. The second kappa shape index (κ2) is 5.19. The van der Waals surface area contributed by atoms with Crippen LogP contribution in [0.5, 0.6) is 5.75 Å². The van der Waals surface area contributed by atoms with Crippen molar-refractivity contribution in [3.63, 3.8) is 0 Å². The van der Waals surface area contributed by atoms with E-state index < -0.39 is 6.09 Å². The molecule has 1 rings (SSSR count). The van der Waals surface area contributed by atoms with Gasteiger partial charge in [-0.2, -0.15) is 0 Å². The van der Waals surface area contributed by atoms with Gasteiger partial charge >= 0.3 is 6.09 Å². The van der Waals surface area contributed by atoms with Gasteiger partial charge in [0.25, 0.3) is 0 Å². The minimum atomic E-state index is -1.11. The Morgan fingerprint density at radius 2 is 2.40 bits per heavy atom. The smallest absolute Gasteiger partial charge is 0.404 e. The predicted molar refractivity (Wildman–Crippen MR) is 52.5 cm³/mol. The second-order valence-electron chi connectivity index (χ2n) is 3.12. The molecule has 0 aliphatic carbocycles. The number of amides is 1. The van der Waals surface area contributed by atoms with E-state index in [1.807, 2.05) is 0 Å². The van der Waals surface area contributed by atoms with Gasteiger partial charge in [0.05, 0.1) is 6.04 Å². The first kappa shape index (κ1) is 11.3. The van der Waals surface area contributed by atoms with E-state index in [0.29, 0.717) is 5.75 Å². The highest BCUT2D eigenvalue weighted by Gasteiger charge is 2.05. The van der Waals surface area contributed by atoms with Crippen LogP contribution < -0.4 is 10.1 Å². The molecule has 1 atom stereocenters. The van der Waals surface area contributed by atoms with Gasteiger partial charge in [0.2, 0.25) is 0 Å². The minimum absolute atomic E-state index is 0.162. The maximum Gasteiger partial charge on any atom is 0.404 e. The van der Waals surface area contributed by atoms with E-state index in [4.69, 9.17) is 9.84 Å². The number of halogens is 1. The van der Waals surface area contributed by atoms with E-state index in [0.717, 1.165) is 0 Å². The topological polar surface area (TPSA) is 58.6 Å². The highest BCUT2D eigenvalue weighted by molar-refractivity contribution is 5.64. The van der Waals surface area contributed by atoms with Gasteiger partial charge in [-0.25, -0.2) is 9.18 Å². The van der Waals surface area contributed by atoms with Crippen LogP contribution in [0.4, 0.5) is 9.18 Å². The Bertz CT molecular complexity index is 343. The molecule has 4 nitrogen and oxygen atoms in total. The van der Waals surface area contributed by atoms with Crippen LogP contribution in [0.1, 0.15) is 6.92 Å². The summed E-state index contributed by atoms with van der Waals surface area (Å²) in [5, 5.41) is 10.6. The van der Waals surface area contributed by atoms with Crippen molar-refractivity contribution in [3.8, 4) is 5.75 Å². The van der Waals surface area contributed by atoms with E-state index in [1.165, 1.54) is 18.2 Å². The lowest BCUT2D eigenvalue weighted by Crippen LogP contribution is -2.35. The molecule has 0 bridgehead atoms. The number of carboxylic acid groups (broad SMARTS) is 1. The summed E-state index contributed by atoms with van der Waals surface area (Å²) < 4.78 is 17.9. The van der Waals surface area contributed by atoms with Crippen LogP contribution in [-0.2, 0) is 0 Å². The largest absolute Gasteiger partial charge is 0.491 e. The Labute approximate surface area is 86.7 Å². The molecular weight excluding hydrogens is 201 g/mol. The molecule has 0 fully saturated rings. The maximum atomic E-state index is 12.7. The Balaban J connectivity index is 2.40. The van der Waals surface area contributed by atoms with Crippen molar-refractivity contribution < 1.29 is 19.0 Å². The Morgan fingerprint density at radius 1 is 1.67 bits per heavy atom. The molecule has 0 aromatic heterocycles. The van der Waals surface area contributed by atoms with Crippen molar-refractivity contribution in [2.24, 2.45) is 0 Å². The minimum Gasteiger partial charge on any atom is -0.491 e. The number of carbonyl (C=O) groups is 1. The molecule has 1 aromatic carbocycles. The van der Waals surface area contributed by atoms with Gasteiger partial charge in [-0.05, 0) is 19.1 Å². The van der Waals surface area contributed by atoms with E-state index in [9.17, 15) is 9.18 Å². The van der Waals surface area contributed by atoms with Crippen molar-refractivity contribution >= 4 is 6.09 Å². The van der Waals surface area contributed by atoms with E-state index in [1.54, 1.807) is 13.0 Å². The molecule has 0 saturated heterocycles. The van der Waals surface area contributed by atoms with Gasteiger partial charge in [-0.15, -0.1) is 0 Å². The third-order valence-corrected chi connectivity index (χ3v) is 1.67. The monoisotopic (exact) mass is 213 g/mol. The van der Waals surface area contributed by atoms with Gasteiger partial charge in [-0.1, -0.05) is 6.07 Å². The number of rotatable bonds is 4. The molecular formula is C10H12FNO3. The van der Waals surface area contributed by atoms with Gasteiger partial charge in [-0.3, -0.25) is 0 Å². The van der Waals surface area contributed by atoms with Crippen molar-refractivity contribution in [3.05, 3.63) is 30.1 Å². The summed E-state index contributed by atoms with van der Waals surface area (Å²) >= 11 is 0. The molecule has 0 heterocycles. The van der Waals surface area contributed by atoms with Crippen LogP contribution in [0.3, 0.4) is 0 Å². The predicted octanol–water partition coefficient (Wildman–Crippen LogP) is 1.86. The summed E-state index contributed by atoms with van der Waals surface area (Å²) in [6, 6.07) is 5.35. The standard InChI is InChI=1S/C10H12FNO3/c1-7(12-10(13)14)6-15-9-4-2-3-8(11)5-9/h2-5,7,12H,6H2,1H3,(H,13,14)/t7-/m0/s1. The van der Waals surface area contributed by atoms with Crippen molar-refractivity contribution in [2.45, 2.75) is 13.0 Å². The summed E-state index contributed by atoms with van der Waals surface area (Å²) in [6.07, 6.45) is -1.11.